The molecule has 2 heteroatoms. The Morgan fingerprint density at radius 2 is 2.18 bits per heavy atom. The zero-order valence-electron chi connectivity index (χ0n) is 6.87. The molecule has 0 aromatic heterocycles. The van der Waals surface area contributed by atoms with Crippen molar-refractivity contribution in [2.24, 2.45) is 17.6 Å². The number of rotatable bonds is 0. The fraction of sp³-hybridized carbons (Fsp3) is 1.00. The highest BCUT2D eigenvalue weighted by Crippen LogP contribution is 2.51. The molecule has 2 saturated heterocycles. The van der Waals surface area contributed by atoms with Gasteiger partial charge in [-0.25, -0.2) is 0 Å². The van der Waals surface area contributed by atoms with E-state index in [9.17, 15) is 0 Å². The Kier molecular flexibility index (Phi) is 1.16. The zero-order valence-corrected chi connectivity index (χ0v) is 6.87. The third-order valence-corrected chi connectivity index (χ3v) is 3.74. The molecule has 3 fully saturated rings. The molecule has 0 bridgehead atoms. The minimum absolute atomic E-state index is 0.510. The van der Waals surface area contributed by atoms with E-state index >= 15 is 0 Å². The summed E-state index contributed by atoms with van der Waals surface area (Å²) in [5.74, 6) is 2.13. The molecule has 0 spiro atoms. The van der Waals surface area contributed by atoms with Crippen LogP contribution in [-0.4, -0.2) is 30.1 Å². The fourth-order valence-corrected chi connectivity index (χ4v) is 3.00. The van der Waals surface area contributed by atoms with Gasteiger partial charge in [0.1, 0.15) is 0 Å². The summed E-state index contributed by atoms with van der Waals surface area (Å²) in [4.78, 5) is 2.67. The van der Waals surface area contributed by atoms with Crippen molar-refractivity contribution >= 4 is 0 Å². The van der Waals surface area contributed by atoms with Crippen molar-refractivity contribution in [3.8, 4) is 0 Å². The summed E-state index contributed by atoms with van der Waals surface area (Å²) in [6, 6.07) is 1.40. The van der Waals surface area contributed by atoms with Crippen LogP contribution in [0.1, 0.15) is 19.3 Å². The van der Waals surface area contributed by atoms with Gasteiger partial charge in [-0.1, -0.05) is 0 Å². The predicted molar refractivity (Wildman–Crippen MR) is 44.2 cm³/mol. The molecule has 1 aliphatic carbocycles. The van der Waals surface area contributed by atoms with Gasteiger partial charge in [0.2, 0.25) is 0 Å². The third kappa shape index (κ3) is 0.859. The van der Waals surface area contributed by atoms with E-state index in [0.29, 0.717) is 6.04 Å². The molecule has 2 unspecified atom stereocenters. The first-order valence-corrected chi connectivity index (χ1v) is 4.84. The Bertz CT molecular complexity index is 180. The van der Waals surface area contributed by atoms with Crippen LogP contribution in [0.25, 0.3) is 0 Å². The van der Waals surface area contributed by atoms with Crippen LogP contribution in [0.5, 0.6) is 0 Å². The first-order chi connectivity index (χ1) is 5.34. The Morgan fingerprint density at radius 3 is 3.09 bits per heavy atom. The third-order valence-electron chi connectivity index (χ3n) is 3.74. The number of hydrogen-bond donors (Lipinski definition) is 1. The lowest BCUT2D eigenvalue weighted by Gasteiger charge is -2.35. The minimum atomic E-state index is 0.510. The Balaban J connectivity index is 1.77. The molecule has 0 aromatic carbocycles. The standard InChI is InChI=1S/C9H16N2/c10-7-1-2-11-5-6-3-8(6)9(11)4-7/h6-9H,1-5,10H2/t6-,7?,8-,9?/m1/s1. The molecule has 1 saturated carbocycles. The van der Waals surface area contributed by atoms with Gasteiger partial charge in [0, 0.05) is 18.6 Å². The normalized spacial score (nSPS) is 55.4. The van der Waals surface area contributed by atoms with Gasteiger partial charge in [-0.3, -0.25) is 4.90 Å². The van der Waals surface area contributed by atoms with Crippen LogP contribution in [0, 0.1) is 11.8 Å². The number of hydrogen-bond acceptors (Lipinski definition) is 2. The van der Waals surface area contributed by atoms with Crippen molar-refractivity contribution in [3.63, 3.8) is 0 Å². The second kappa shape index (κ2) is 1.99. The molecule has 2 nitrogen and oxygen atoms in total. The summed E-state index contributed by atoms with van der Waals surface area (Å²) < 4.78 is 0. The van der Waals surface area contributed by atoms with Crippen molar-refractivity contribution in [1.82, 2.24) is 4.90 Å². The lowest BCUT2D eigenvalue weighted by molar-refractivity contribution is 0.155. The lowest BCUT2D eigenvalue weighted by Crippen LogP contribution is -2.45. The molecule has 2 aliphatic heterocycles. The quantitative estimate of drug-likeness (QED) is 0.545. The maximum atomic E-state index is 5.94. The van der Waals surface area contributed by atoms with Gasteiger partial charge in [0.25, 0.3) is 0 Å². The smallest absolute Gasteiger partial charge is 0.0142 e. The van der Waals surface area contributed by atoms with Crippen LogP contribution >= 0.6 is 0 Å². The summed E-state index contributed by atoms with van der Waals surface area (Å²) >= 11 is 0. The maximum absolute atomic E-state index is 5.94. The monoisotopic (exact) mass is 152 g/mol. The van der Waals surface area contributed by atoms with Gasteiger partial charge in [-0.2, -0.15) is 0 Å². The Morgan fingerprint density at radius 1 is 1.27 bits per heavy atom. The average Bonchev–Trinajstić information content (AvgIpc) is 2.67. The highest BCUT2D eigenvalue weighted by molar-refractivity contribution is 5.06. The molecular weight excluding hydrogens is 136 g/mol. The molecule has 3 aliphatic rings. The summed E-state index contributed by atoms with van der Waals surface area (Å²) in [6.07, 6.45) is 4.02. The zero-order chi connectivity index (χ0) is 7.42. The summed E-state index contributed by atoms with van der Waals surface area (Å²) in [7, 11) is 0. The van der Waals surface area contributed by atoms with Gasteiger partial charge >= 0.3 is 0 Å². The van der Waals surface area contributed by atoms with Gasteiger partial charge in [0.05, 0.1) is 0 Å². The topological polar surface area (TPSA) is 29.3 Å². The molecule has 3 rings (SSSR count). The molecular formula is C9H16N2. The van der Waals surface area contributed by atoms with E-state index in [1.54, 1.807) is 0 Å². The van der Waals surface area contributed by atoms with E-state index in [0.717, 1.165) is 17.9 Å². The molecule has 2 heterocycles. The maximum Gasteiger partial charge on any atom is 0.0142 e. The summed E-state index contributed by atoms with van der Waals surface area (Å²) in [5, 5.41) is 0. The highest BCUT2D eigenvalue weighted by atomic mass is 15.2. The van der Waals surface area contributed by atoms with Gasteiger partial charge < -0.3 is 5.73 Å². The van der Waals surface area contributed by atoms with Gasteiger partial charge in [-0.05, 0) is 37.6 Å². The van der Waals surface area contributed by atoms with Crippen LogP contribution in [0.2, 0.25) is 0 Å². The lowest BCUT2D eigenvalue weighted by atomic mass is 9.97. The van der Waals surface area contributed by atoms with E-state index in [2.05, 4.69) is 4.90 Å². The van der Waals surface area contributed by atoms with Crippen LogP contribution in [0.15, 0.2) is 0 Å². The highest BCUT2D eigenvalue weighted by Gasteiger charge is 2.53. The molecule has 4 atom stereocenters. The number of nitrogens with two attached hydrogens (primary N) is 1. The second-order valence-electron chi connectivity index (χ2n) is 4.51. The second-order valence-corrected chi connectivity index (χ2v) is 4.51. The Labute approximate surface area is 67.7 Å². The number of fused-ring (bicyclic) bond motifs is 3. The van der Waals surface area contributed by atoms with Crippen molar-refractivity contribution in [1.29, 1.82) is 0 Å². The first kappa shape index (κ1) is 6.44. The van der Waals surface area contributed by atoms with Crippen LogP contribution < -0.4 is 5.73 Å². The summed E-state index contributed by atoms with van der Waals surface area (Å²) in [6.45, 7) is 2.67. The molecule has 11 heavy (non-hydrogen) atoms. The van der Waals surface area contributed by atoms with Crippen LogP contribution in [0.4, 0.5) is 0 Å². The van der Waals surface area contributed by atoms with Gasteiger partial charge in [0.15, 0.2) is 0 Å². The van der Waals surface area contributed by atoms with E-state index in [4.69, 9.17) is 5.73 Å². The Hall–Kier alpha value is -0.0800. The average molecular weight is 152 g/mol. The van der Waals surface area contributed by atoms with Crippen molar-refractivity contribution in [3.05, 3.63) is 0 Å². The van der Waals surface area contributed by atoms with E-state index in [1.165, 1.54) is 32.4 Å². The van der Waals surface area contributed by atoms with E-state index < -0.39 is 0 Å². The molecule has 0 radical (unpaired) electrons. The molecule has 2 N–H and O–H groups in total. The van der Waals surface area contributed by atoms with Gasteiger partial charge in [-0.15, -0.1) is 0 Å². The first-order valence-electron chi connectivity index (χ1n) is 4.84. The van der Waals surface area contributed by atoms with Crippen molar-refractivity contribution < 1.29 is 0 Å². The summed E-state index contributed by atoms with van der Waals surface area (Å²) in [5.41, 5.74) is 5.94. The predicted octanol–water partition coefficient (Wildman–Crippen LogP) is 0.428. The number of nitrogens with zero attached hydrogens (tertiary/aromatic N) is 1. The number of piperidine rings is 2. The minimum Gasteiger partial charge on any atom is -0.328 e. The molecule has 0 amide bonds. The fourth-order valence-electron chi connectivity index (χ4n) is 3.00. The molecule has 0 aromatic rings. The SMILES string of the molecule is NC1CCN2C[C@H]3C[C@H]3C2C1. The van der Waals surface area contributed by atoms with Crippen LogP contribution in [0.3, 0.4) is 0 Å². The molecule has 62 valence electrons. The van der Waals surface area contributed by atoms with Crippen molar-refractivity contribution in [2.75, 3.05) is 13.1 Å². The van der Waals surface area contributed by atoms with E-state index in [1.807, 2.05) is 0 Å². The van der Waals surface area contributed by atoms with E-state index in [-0.39, 0.29) is 0 Å². The van der Waals surface area contributed by atoms with Crippen LogP contribution in [-0.2, 0) is 0 Å². The van der Waals surface area contributed by atoms with Crippen molar-refractivity contribution in [2.45, 2.75) is 31.3 Å². The largest absolute Gasteiger partial charge is 0.328 e.